The zero-order valence-electron chi connectivity index (χ0n) is 12.2. The van der Waals surface area contributed by atoms with E-state index in [9.17, 15) is 9.59 Å². The first-order valence-corrected chi connectivity index (χ1v) is 8.60. The van der Waals surface area contributed by atoms with E-state index in [2.05, 4.69) is 20.0 Å². The number of nitrogens with zero attached hydrogens (tertiary/aromatic N) is 2. The lowest BCUT2D eigenvalue weighted by Gasteiger charge is -2.11. The fourth-order valence-electron chi connectivity index (χ4n) is 2.46. The lowest BCUT2D eigenvalue weighted by atomic mass is 10.2. The van der Waals surface area contributed by atoms with Gasteiger partial charge in [0.05, 0.1) is 12.4 Å². The minimum Gasteiger partial charge on any atom is -0.453 e. The van der Waals surface area contributed by atoms with Crippen molar-refractivity contribution >= 4 is 45.3 Å². The summed E-state index contributed by atoms with van der Waals surface area (Å²) in [6.45, 7) is 1.74. The number of hydrogen-bond donors (Lipinski definition) is 1. The molecule has 0 saturated carbocycles. The van der Waals surface area contributed by atoms with Gasteiger partial charge >= 0.3 is 6.09 Å². The van der Waals surface area contributed by atoms with Crippen molar-refractivity contribution in [2.45, 2.75) is 36.5 Å². The van der Waals surface area contributed by atoms with Crippen LogP contribution in [0.2, 0.25) is 0 Å². The molecule has 116 valence electrons. The van der Waals surface area contributed by atoms with Crippen molar-refractivity contribution in [2.24, 2.45) is 0 Å². The molecule has 0 aliphatic heterocycles. The number of nitrogens with one attached hydrogen (secondary N) is 1. The van der Waals surface area contributed by atoms with Crippen molar-refractivity contribution < 1.29 is 14.3 Å². The summed E-state index contributed by atoms with van der Waals surface area (Å²) in [5.74, 6) is -0.393. The molecule has 1 N–H and O–H groups in total. The molecule has 0 radical (unpaired) electrons. The van der Waals surface area contributed by atoms with Crippen LogP contribution in [0.5, 0.6) is 0 Å². The minimum atomic E-state index is -0.748. The summed E-state index contributed by atoms with van der Waals surface area (Å²) in [6.07, 6.45) is 4.08. The van der Waals surface area contributed by atoms with Crippen LogP contribution in [-0.4, -0.2) is 34.3 Å². The Morgan fingerprint density at radius 2 is 2.23 bits per heavy atom. The average molecular weight is 337 g/mol. The summed E-state index contributed by atoms with van der Waals surface area (Å²) < 4.78 is 4.44. The number of ether oxygens (including phenoxy) is 1. The number of aromatic nitrogens is 2. The van der Waals surface area contributed by atoms with E-state index in [0.29, 0.717) is 0 Å². The second kappa shape index (κ2) is 6.21. The molecule has 2 aromatic heterocycles. The molecule has 3 rings (SSSR count). The number of alkyl carbamates (subject to hydrolysis) is 1. The molecule has 0 aromatic carbocycles. The Morgan fingerprint density at radius 3 is 3.00 bits per heavy atom. The molecule has 1 atom stereocenters. The van der Waals surface area contributed by atoms with Gasteiger partial charge in [-0.1, -0.05) is 11.8 Å². The molecule has 22 heavy (non-hydrogen) atoms. The summed E-state index contributed by atoms with van der Waals surface area (Å²) in [7, 11) is 1.23. The van der Waals surface area contributed by atoms with Gasteiger partial charge < -0.3 is 4.74 Å². The van der Waals surface area contributed by atoms with E-state index >= 15 is 0 Å². The fourth-order valence-corrected chi connectivity index (χ4v) is 4.70. The molecule has 0 unspecified atom stereocenters. The van der Waals surface area contributed by atoms with Gasteiger partial charge in [0.25, 0.3) is 0 Å². The van der Waals surface area contributed by atoms with Crippen LogP contribution in [0.25, 0.3) is 10.2 Å². The van der Waals surface area contributed by atoms with Crippen molar-refractivity contribution in [3.05, 3.63) is 16.8 Å². The van der Waals surface area contributed by atoms with E-state index in [-0.39, 0.29) is 0 Å². The van der Waals surface area contributed by atoms with Crippen molar-refractivity contribution in [3.8, 4) is 0 Å². The van der Waals surface area contributed by atoms with Gasteiger partial charge in [-0.05, 0) is 31.7 Å². The Bertz CT molecular complexity index is 744. The quantitative estimate of drug-likeness (QED) is 0.685. The Labute approximate surface area is 135 Å². The first-order valence-electron chi connectivity index (χ1n) is 6.91. The number of carbonyl (C=O) groups excluding carboxylic acids is 2. The van der Waals surface area contributed by atoms with Crippen LogP contribution in [-0.2, 0) is 22.4 Å². The van der Waals surface area contributed by atoms with Gasteiger partial charge in [0.1, 0.15) is 16.2 Å². The Kier molecular flexibility index (Phi) is 4.30. The highest BCUT2D eigenvalue weighted by atomic mass is 32.2. The highest BCUT2D eigenvalue weighted by molar-refractivity contribution is 8.00. The average Bonchev–Trinajstić information content (AvgIpc) is 3.07. The molecule has 8 heteroatoms. The molecule has 2 heterocycles. The fraction of sp³-hybridized carbons (Fsp3) is 0.429. The van der Waals surface area contributed by atoms with E-state index in [1.807, 2.05) is 0 Å². The summed E-state index contributed by atoms with van der Waals surface area (Å²) in [5.41, 5.74) is 1.32. The van der Waals surface area contributed by atoms with Crippen molar-refractivity contribution in [1.29, 1.82) is 0 Å². The third-order valence-corrected chi connectivity index (χ3v) is 5.84. The summed E-state index contributed by atoms with van der Waals surface area (Å²) in [6, 6.07) is 0. The number of thiophene rings is 1. The third kappa shape index (κ3) is 2.80. The van der Waals surface area contributed by atoms with Gasteiger partial charge in [-0.25, -0.2) is 14.8 Å². The molecule has 0 fully saturated rings. The van der Waals surface area contributed by atoms with E-state index in [1.165, 1.54) is 35.6 Å². The number of fused-ring (bicyclic) bond motifs is 3. The van der Waals surface area contributed by atoms with Gasteiger partial charge in [0, 0.05) is 10.3 Å². The maximum atomic E-state index is 12.0. The van der Waals surface area contributed by atoms with Crippen molar-refractivity contribution in [1.82, 2.24) is 15.3 Å². The van der Waals surface area contributed by atoms with E-state index < -0.39 is 17.3 Å². The second-order valence-corrected chi connectivity index (χ2v) is 7.37. The van der Waals surface area contributed by atoms with Gasteiger partial charge in [-0.15, -0.1) is 11.3 Å². The number of amides is 2. The van der Waals surface area contributed by atoms with E-state index in [0.717, 1.165) is 34.5 Å². The van der Waals surface area contributed by atoms with Crippen molar-refractivity contribution in [3.63, 3.8) is 0 Å². The van der Waals surface area contributed by atoms with E-state index in [4.69, 9.17) is 0 Å². The molecule has 6 nitrogen and oxygen atoms in total. The zero-order valence-corrected chi connectivity index (χ0v) is 13.8. The highest BCUT2D eigenvalue weighted by Gasteiger charge is 2.24. The number of rotatable bonds is 3. The monoisotopic (exact) mass is 337 g/mol. The maximum Gasteiger partial charge on any atom is 0.413 e. The highest BCUT2D eigenvalue weighted by Crippen LogP contribution is 2.40. The SMILES string of the molecule is COC(=O)NC(=O)[C@@H](C)Sc1ncnc2sc3c(c12)CCC3. The lowest BCUT2D eigenvalue weighted by molar-refractivity contribution is -0.119. The molecular formula is C14H15N3O3S2. The first-order chi connectivity index (χ1) is 10.6. The molecular weight excluding hydrogens is 322 g/mol. The lowest BCUT2D eigenvalue weighted by Crippen LogP contribution is -2.35. The zero-order chi connectivity index (χ0) is 15.7. The number of hydrogen-bond acceptors (Lipinski definition) is 7. The number of aryl methyl sites for hydroxylation is 2. The topological polar surface area (TPSA) is 81.2 Å². The molecule has 0 spiro atoms. The Morgan fingerprint density at radius 1 is 1.41 bits per heavy atom. The van der Waals surface area contributed by atoms with Crippen LogP contribution >= 0.6 is 23.1 Å². The van der Waals surface area contributed by atoms with Crippen molar-refractivity contribution in [2.75, 3.05) is 7.11 Å². The molecule has 0 saturated heterocycles. The Balaban J connectivity index is 1.85. The van der Waals surface area contributed by atoms with Gasteiger partial charge in [0.15, 0.2) is 0 Å². The number of methoxy groups -OCH3 is 1. The normalized spacial score (nSPS) is 14.6. The Hall–Kier alpha value is -1.67. The standard InChI is InChI=1S/C14H15N3O3S2/c1-7(11(18)17-14(19)20-2)21-12-10-8-4-3-5-9(8)22-13(10)16-6-15-12/h6-7H,3-5H2,1-2H3,(H,17,18,19)/t7-/m1/s1. The molecule has 1 aliphatic rings. The molecule has 2 amide bonds. The largest absolute Gasteiger partial charge is 0.453 e. The summed E-state index contributed by atoms with van der Waals surface area (Å²) in [4.78, 5) is 34.1. The second-order valence-electron chi connectivity index (χ2n) is 4.96. The number of thioether (sulfide) groups is 1. The summed E-state index contributed by atoms with van der Waals surface area (Å²) in [5, 5.41) is 3.61. The van der Waals surface area contributed by atoms with E-state index in [1.54, 1.807) is 18.3 Å². The van der Waals surface area contributed by atoms with Crippen LogP contribution in [0.15, 0.2) is 11.4 Å². The summed E-state index contributed by atoms with van der Waals surface area (Å²) >= 11 is 3.05. The molecule has 1 aliphatic carbocycles. The first kappa shape index (κ1) is 15.2. The predicted molar refractivity (Wildman–Crippen MR) is 85.3 cm³/mol. The smallest absolute Gasteiger partial charge is 0.413 e. The predicted octanol–water partition coefficient (Wildman–Crippen LogP) is 2.54. The number of carbonyl (C=O) groups is 2. The van der Waals surface area contributed by atoms with Crippen LogP contribution in [0.1, 0.15) is 23.8 Å². The van der Waals surface area contributed by atoms with Crippen LogP contribution < -0.4 is 5.32 Å². The third-order valence-electron chi connectivity index (χ3n) is 3.53. The minimum absolute atomic E-state index is 0.393. The van der Waals surface area contributed by atoms with Gasteiger partial charge in [0.2, 0.25) is 5.91 Å². The number of imide groups is 1. The van der Waals surface area contributed by atoms with Gasteiger partial charge in [-0.2, -0.15) is 0 Å². The maximum absolute atomic E-state index is 12.0. The molecule has 2 aromatic rings. The molecule has 0 bridgehead atoms. The van der Waals surface area contributed by atoms with Crippen LogP contribution in [0.3, 0.4) is 0 Å². The van der Waals surface area contributed by atoms with Crippen LogP contribution in [0.4, 0.5) is 4.79 Å². The van der Waals surface area contributed by atoms with Gasteiger partial charge in [-0.3, -0.25) is 10.1 Å². The van der Waals surface area contributed by atoms with Crippen LogP contribution in [0, 0.1) is 0 Å².